The van der Waals surface area contributed by atoms with E-state index in [4.69, 9.17) is 11.5 Å². The number of fused-ring (bicyclic) bond motifs is 1. The average molecular weight is 572 g/mol. The number of carboxylic acid groups (broad SMARTS) is 1. The van der Waals surface area contributed by atoms with Crippen molar-refractivity contribution in [3.8, 4) is 0 Å². The highest BCUT2D eigenvalue weighted by atomic mass is 16.4. The molecule has 4 rings (SSSR count). The molecule has 0 aliphatic rings. The minimum absolute atomic E-state index is 0.0250. The Morgan fingerprint density at radius 2 is 1.62 bits per heavy atom. The lowest BCUT2D eigenvalue weighted by atomic mass is 10.1. The van der Waals surface area contributed by atoms with E-state index >= 15 is 0 Å². The number of nitrogens with zero attached hydrogens (tertiary/aromatic N) is 5. The topological polar surface area (TPSA) is 202 Å². The molecule has 4 aromatic rings. The lowest BCUT2D eigenvalue weighted by molar-refractivity contribution is -0.139. The average Bonchev–Trinajstić information content (AvgIpc) is 2.97. The van der Waals surface area contributed by atoms with Crippen LogP contribution >= 0.6 is 0 Å². The van der Waals surface area contributed by atoms with Crippen molar-refractivity contribution in [2.45, 2.75) is 45.3 Å². The summed E-state index contributed by atoms with van der Waals surface area (Å²) in [6.07, 6.45) is 2.13. The second kappa shape index (κ2) is 13.4. The van der Waals surface area contributed by atoms with Gasteiger partial charge < -0.3 is 32.1 Å². The summed E-state index contributed by atoms with van der Waals surface area (Å²) < 4.78 is 0. The minimum atomic E-state index is -1.15. The number of hydrogen-bond acceptors (Lipinski definition) is 10. The van der Waals surface area contributed by atoms with Gasteiger partial charge in [-0.25, -0.2) is 14.8 Å². The van der Waals surface area contributed by atoms with Crippen molar-refractivity contribution in [2.75, 3.05) is 22.9 Å². The Bertz CT molecular complexity index is 1560. The largest absolute Gasteiger partial charge is 0.480 e. The smallest absolute Gasteiger partial charge is 0.326 e. The molecule has 2 aromatic carbocycles. The Kier molecular flexibility index (Phi) is 9.42. The summed E-state index contributed by atoms with van der Waals surface area (Å²) >= 11 is 0. The molecule has 2 amide bonds. The van der Waals surface area contributed by atoms with Crippen LogP contribution in [0.15, 0.2) is 60.8 Å². The fraction of sp³-hybridized carbons (Fsp3) is 0.276. The van der Waals surface area contributed by atoms with Gasteiger partial charge in [0.15, 0.2) is 17.0 Å². The van der Waals surface area contributed by atoms with E-state index in [1.807, 2.05) is 19.9 Å². The number of carbonyl (C=O) groups excluding carboxylic acids is 2. The van der Waals surface area contributed by atoms with E-state index in [1.54, 1.807) is 54.7 Å². The first-order chi connectivity index (χ1) is 20.1. The normalized spacial score (nSPS) is 11.7. The molecule has 0 bridgehead atoms. The van der Waals surface area contributed by atoms with E-state index in [0.29, 0.717) is 41.0 Å². The van der Waals surface area contributed by atoms with Gasteiger partial charge in [0.1, 0.15) is 6.04 Å². The van der Waals surface area contributed by atoms with E-state index in [-0.39, 0.29) is 36.7 Å². The molecule has 13 nitrogen and oxygen atoms in total. The summed E-state index contributed by atoms with van der Waals surface area (Å²) in [5.74, 6) is -1.72. The SMILES string of the molecule is CC(C)N(Cc1cnc2nc(N)nc(N)c2n1)c1ccc(C(=O)N[C@@H](CCCNC(=O)c2ccccc2)C(=O)O)cc1. The van der Waals surface area contributed by atoms with Gasteiger partial charge in [0, 0.05) is 29.4 Å². The van der Waals surface area contributed by atoms with Gasteiger partial charge >= 0.3 is 5.97 Å². The molecule has 218 valence electrons. The first kappa shape index (κ1) is 29.6. The number of aliphatic carboxylic acids is 1. The van der Waals surface area contributed by atoms with Crippen LogP contribution in [0.3, 0.4) is 0 Å². The van der Waals surface area contributed by atoms with Crippen LogP contribution in [0.4, 0.5) is 17.5 Å². The number of anilines is 3. The van der Waals surface area contributed by atoms with Crippen molar-refractivity contribution in [3.05, 3.63) is 77.6 Å². The molecule has 13 heteroatoms. The van der Waals surface area contributed by atoms with Crippen LogP contribution in [0.2, 0.25) is 0 Å². The van der Waals surface area contributed by atoms with Gasteiger partial charge in [-0.2, -0.15) is 9.97 Å². The number of aromatic nitrogens is 4. The molecule has 0 aliphatic heterocycles. The van der Waals surface area contributed by atoms with E-state index in [2.05, 4.69) is 35.5 Å². The number of nitrogens with two attached hydrogens (primary N) is 2. The summed E-state index contributed by atoms with van der Waals surface area (Å²) in [7, 11) is 0. The molecule has 0 spiro atoms. The Morgan fingerprint density at radius 3 is 2.29 bits per heavy atom. The third-order valence-corrected chi connectivity index (χ3v) is 6.51. The molecule has 42 heavy (non-hydrogen) atoms. The second-order valence-electron chi connectivity index (χ2n) is 9.90. The Labute approximate surface area is 242 Å². The molecule has 0 fully saturated rings. The first-order valence-electron chi connectivity index (χ1n) is 13.4. The maximum Gasteiger partial charge on any atom is 0.326 e. The lowest BCUT2D eigenvalue weighted by Crippen LogP contribution is -2.41. The predicted molar refractivity (Wildman–Crippen MR) is 159 cm³/mol. The highest BCUT2D eigenvalue weighted by Gasteiger charge is 2.21. The fourth-order valence-corrected chi connectivity index (χ4v) is 4.31. The molecule has 0 unspecified atom stereocenters. The molecule has 0 aliphatic carbocycles. The summed E-state index contributed by atoms with van der Waals surface area (Å²) in [6.45, 7) is 4.72. The molecule has 2 aromatic heterocycles. The minimum Gasteiger partial charge on any atom is -0.480 e. The number of rotatable bonds is 12. The number of carboxylic acids is 1. The van der Waals surface area contributed by atoms with Crippen LogP contribution in [0.25, 0.3) is 11.2 Å². The van der Waals surface area contributed by atoms with Crippen LogP contribution in [0.1, 0.15) is 53.1 Å². The van der Waals surface area contributed by atoms with Gasteiger partial charge in [0.05, 0.1) is 18.4 Å². The maximum absolute atomic E-state index is 12.9. The lowest BCUT2D eigenvalue weighted by Gasteiger charge is -2.29. The number of nitrogen functional groups attached to an aromatic ring is 2. The Hall–Kier alpha value is -5.33. The van der Waals surface area contributed by atoms with E-state index in [9.17, 15) is 19.5 Å². The monoisotopic (exact) mass is 571 g/mol. The van der Waals surface area contributed by atoms with Crippen molar-refractivity contribution in [2.24, 2.45) is 0 Å². The molecular formula is C29H33N9O4. The molecule has 0 saturated heterocycles. The highest BCUT2D eigenvalue weighted by Crippen LogP contribution is 2.22. The van der Waals surface area contributed by atoms with Crippen molar-refractivity contribution in [1.82, 2.24) is 30.6 Å². The van der Waals surface area contributed by atoms with Gasteiger partial charge in [0.2, 0.25) is 5.95 Å². The number of hydrogen-bond donors (Lipinski definition) is 5. The zero-order valence-electron chi connectivity index (χ0n) is 23.3. The summed E-state index contributed by atoms with van der Waals surface area (Å²) in [6, 6.07) is 14.6. The number of benzene rings is 2. The second-order valence-corrected chi connectivity index (χ2v) is 9.90. The number of nitrogens with one attached hydrogen (secondary N) is 2. The van der Waals surface area contributed by atoms with Gasteiger partial charge in [-0.1, -0.05) is 18.2 Å². The summed E-state index contributed by atoms with van der Waals surface area (Å²) in [5.41, 5.74) is 14.6. The molecule has 2 heterocycles. The van der Waals surface area contributed by atoms with Crippen LogP contribution in [-0.2, 0) is 11.3 Å². The summed E-state index contributed by atoms with van der Waals surface area (Å²) in [4.78, 5) is 55.8. The predicted octanol–water partition coefficient (Wildman–Crippen LogP) is 2.39. The Morgan fingerprint density at radius 1 is 0.929 bits per heavy atom. The zero-order chi connectivity index (χ0) is 30.2. The molecular weight excluding hydrogens is 538 g/mol. The maximum atomic E-state index is 12.9. The van der Waals surface area contributed by atoms with Crippen molar-refractivity contribution < 1.29 is 19.5 Å². The zero-order valence-corrected chi connectivity index (χ0v) is 23.3. The van der Waals surface area contributed by atoms with Crippen LogP contribution in [0, 0.1) is 0 Å². The fourth-order valence-electron chi connectivity index (χ4n) is 4.31. The van der Waals surface area contributed by atoms with Crippen LogP contribution in [0.5, 0.6) is 0 Å². The van der Waals surface area contributed by atoms with E-state index in [1.165, 1.54) is 0 Å². The van der Waals surface area contributed by atoms with Gasteiger partial charge in [-0.05, 0) is 63.1 Å². The molecule has 0 radical (unpaired) electrons. The van der Waals surface area contributed by atoms with Crippen molar-refractivity contribution in [1.29, 1.82) is 0 Å². The van der Waals surface area contributed by atoms with Gasteiger partial charge in [-0.15, -0.1) is 0 Å². The van der Waals surface area contributed by atoms with E-state index < -0.39 is 17.9 Å². The third-order valence-electron chi connectivity index (χ3n) is 6.51. The first-order valence-corrected chi connectivity index (χ1v) is 13.4. The molecule has 0 saturated carbocycles. The van der Waals surface area contributed by atoms with E-state index in [0.717, 1.165) is 5.69 Å². The quantitative estimate of drug-likeness (QED) is 0.156. The Balaban J connectivity index is 1.36. The summed E-state index contributed by atoms with van der Waals surface area (Å²) in [5, 5.41) is 15.0. The molecule has 7 N–H and O–H groups in total. The number of carbonyl (C=O) groups is 3. The third kappa shape index (κ3) is 7.44. The van der Waals surface area contributed by atoms with Crippen LogP contribution < -0.4 is 27.0 Å². The molecule has 1 atom stereocenters. The highest BCUT2D eigenvalue weighted by molar-refractivity contribution is 5.97. The number of amides is 2. The van der Waals surface area contributed by atoms with Crippen LogP contribution in [-0.4, -0.2) is 61.5 Å². The van der Waals surface area contributed by atoms with Gasteiger partial charge in [0.25, 0.3) is 11.8 Å². The van der Waals surface area contributed by atoms with Crippen molar-refractivity contribution in [3.63, 3.8) is 0 Å². The standard InChI is InChI=1S/C29H33N9O4/c1-17(2)38(16-20-15-33-25-23(34-20)24(30)36-29(31)37-25)21-12-10-19(11-13-21)27(40)35-22(28(41)42)9-6-14-32-26(39)18-7-4-3-5-8-18/h3-5,7-8,10-13,15,17,22H,6,9,14,16H2,1-2H3,(H,32,39)(H,35,40)(H,41,42)(H4,30,31,33,36,37)/t22-/m0/s1. The van der Waals surface area contributed by atoms with Gasteiger partial charge in [-0.3, -0.25) is 9.59 Å². The van der Waals surface area contributed by atoms with Crippen molar-refractivity contribution >= 4 is 46.4 Å².